The van der Waals surface area contributed by atoms with E-state index in [1.165, 1.54) is 12.7 Å². The number of hydrogen-bond donors (Lipinski definition) is 0. The number of esters is 1. The number of methoxy groups -OCH3 is 1. The van der Waals surface area contributed by atoms with Crippen LogP contribution in [0.4, 0.5) is 0 Å². The van der Waals surface area contributed by atoms with E-state index in [0.29, 0.717) is 16.9 Å². The maximum Gasteiger partial charge on any atom is 0.339 e. The van der Waals surface area contributed by atoms with E-state index in [1.807, 2.05) is 68.6 Å². The van der Waals surface area contributed by atoms with Crippen molar-refractivity contribution in [3.8, 4) is 22.5 Å². The van der Waals surface area contributed by atoms with Crippen LogP contribution in [0.5, 0.6) is 0 Å². The van der Waals surface area contributed by atoms with Crippen molar-refractivity contribution in [1.29, 1.82) is 0 Å². The summed E-state index contributed by atoms with van der Waals surface area (Å²) >= 11 is 0. The van der Waals surface area contributed by atoms with Crippen LogP contribution in [0.1, 0.15) is 49.3 Å². The van der Waals surface area contributed by atoms with E-state index in [4.69, 9.17) is 19.6 Å². The summed E-state index contributed by atoms with van der Waals surface area (Å²) < 4.78 is 13.2. The van der Waals surface area contributed by atoms with Gasteiger partial charge in [-0.25, -0.2) is 14.3 Å². The van der Waals surface area contributed by atoms with Gasteiger partial charge in [0, 0.05) is 28.5 Å². The fourth-order valence-electron chi connectivity index (χ4n) is 4.05. The summed E-state index contributed by atoms with van der Waals surface area (Å²) in [6.07, 6.45) is -0.956. The van der Waals surface area contributed by atoms with Crippen LogP contribution in [-0.4, -0.2) is 33.3 Å². The lowest BCUT2D eigenvalue weighted by atomic mass is 9.96. The standard InChI is InChI=1S/C28H31N3O3/c1-17-13-14-21(15-18(17)2)25-24(26(27(32)33-7)34-28(4,5)6)19(3)29-23-16-22(30-31(23)25)20-11-9-8-10-12-20/h8-16,26H,1-7H3. The molecule has 176 valence electrons. The van der Waals surface area contributed by atoms with Crippen LogP contribution in [-0.2, 0) is 14.3 Å². The van der Waals surface area contributed by atoms with Crippen molar-refractivity contribution in [1.82, 2.24) is 14.6 Å². The first kappa shape index (κ1) is 23.6. The number of rotatable bonds is 5. The summed E-state index contributed by atoms with van der Waals surface area (Å²) in [6.45, 7) is 11.8. The molecular formula is C28H31N3O3. The zero-order valence-electron chi connectivity index (χ0n) is 20.8. The predicted octanol–water partition coefficient (Wildman–Crippen LogP) is 6.02. The highest BCUT2D eigenvalue weighted by atomic mass is 16.6. The lowest BCUT2D eigenvalue weighted by Gasteiger charge is -2.28. The van der Waals surface area contributed by atoms with Gasteiger partial charge in [-0.1, -0.05) is 42.5 Å². The maximum absolute atomic E-state index is 13.0. The van der Waals surface area contributed by atoms with E-state index in [2.05, 4.69) is 32.0 Å². The molecule has 2 heterocycles. The third-order valence-corrected chi connectivity index (χ3v) is 5.83. The normalized spacial score (nSPS) is 12.7. The molecule has 0 bridgehead atoms. The van der Waals surface area contributed by atoms with E-state index in [1.54, 1.807) is 0 Å². The van der Waals surface area contributed by atoms with Gasteiger partial charge in [-0.2, -0.15) is 5.10 Å². The van der Waals surface area contributed by atoms with Crippen molar-refractivity contribution in [2.24, 2.45) is 0 Å². The first-order chi connectivity index (χ1) is 16.1. The van der Waals surface area contributed by atoms with Crippen molar-refractivity contribution in [2.75, 3.05) is 7.11 Å². The van der Waals surface area contributed by atoms with Crippen LogP contribution in [0.25, 0.3) is 28.2 Å². The number of nitrogens with zero attached hydrogens (tertiary/aromatic N) is 3. The number of hydrogen-bond acceptors (Lipinski definition) is 5. The zero-order chi connectivity index (χ0) is 24.6. The van der Waals surface area contributed by atoms with Gasteiger partial charge in [-0.15, -0.1) is 0 Å². The van der Waals surface area contributed by atoms with Gasteiger partial charge in [0.15, 0.2) is 11.8 Å². The van der Waals surface area contributed by atoms with E-state index in [0.717, 1.165) is 28.1 Å². The summed E-state index contributed by atoms with van der Waals surface area (Å²) in [5, 5.41) is 4.92. The average molecular weight is 458 g/mol. The minimum absolute atomic E-state index is 0.473. The van der Waals surface area contributed by atoms with Crippen molar-refractivity contribution < 1.29 is 14.3 Å². The Labute approximate surface area is 200 Å². The monoisotopic (exact) mass is 457 g/mol. The molecule has 6 nitrogen and oxygen atoms in total. The smallest absolute Gasteiger partial charge is 0.339 e. The number of aromatic nitrogens is 3. The SMILES string of the molecule is COC(=O)C(OC(C)(C)C)c1c(C)nc2cc(-c3ccccc3)nn2c1-c1ccc(C)c(C)c1. The second-order valence-corrected chi connectivity index (χ2v) is 9.56. The fourth-order valence-corrected chi connectivity index (χ4v) is 4.05. The lowest BCUT2D eigenvalue weighted by molar-refractivity contribution is -0.164. The number of carbonyl (C=O) groups excluding carboxylic acids is 1. The Kier molecular flexibility index (Phi) is 6.28. The van der Waals surface area contributed by atoms with Gasteiger partial charge >= 0.3 is 5.97 Å². The van der Waals surface area contributed by atoms with Gasteiger partial charge in [0.25, 0.3) is 0 Å². The Morgan fingerprint density at radius 3 is 2.26 bits per heavy atom. The molecule has 0 fully saturated rings. The van der Waals surface area contributed by atoms with Gasteiger partial charge in [0.1, 0.15) is 0 Å². The highest BCUT2D eigenvalue weighted by molar-refractivity contribution is 5.82. The van der Waals surface area contributed by atoms with E-state index in [-0.39, 0.29) is 0 Å². The molecule has 1 unspecified atom stereocenters. The molecule has 4 aromatic rings. The van der Waals surface area contributed by atoms with E-state index >= 15 is 0 Å². The molecule has 0 aliphatic heterocycles. The minimum Gasteiger partial charge on any atom is -0.467 e. The molecule has 0 aliphatic carbocycles. The number of ether oxygens (including phenoxy) is 2. The summed E-state index contributed by atoms with van der Waals surface area (Å²) in [5.74, 6) is -0.473. The van der Waals surface area contributed by atoms with Crippen LogP contribution in [0.2, 0.25) is 0 Å². The number of benzene rings is 2. The molecule has 0 saturated heterocycles. The molecule has 2 aromatic carbocycles. The second-order valence-electron chi connectivity index (χ2n) is 9.56. The van der Waals surface area contributed by atoms with E-state index < -0.39 is 17.7 Å². The van der Waals surface area contributed by atoms with Crippen LogP contribution < -0.4 is 0 Å². The summed E-state index contributed by atoms with van der Waals surface area (Å²) in [5.41, 5.74) is 7.30. The minimum atomic E-state index is -0.956. The second kappa shape index (κ2) is 9.03. The summed E-state index contributed by atoms with van der Waals surface area (Å²) in [7, 11) is 1.37. The zero-order valence-corrected chi connectivity index (χ0v) is 20.8. The molecule has 0 radical (unpaired) electrons. The number of fused-ring (bicyclic) bond motifs is 1. The molecule has 1 atom stereocenters. The van der Waals surface area contributed by atoms with Crippen LogP contribution in [0, 0.1) is 20.8 Å². The van der Waals surface area contributed by atoms with Crippen LogP contribution >= 0.6 is 0 Å². The van der Waals surface area contributed by atoms with Gasteiger partial charge in [0.2, 0.25) is 0 Å². The largest absolute Gasteiger partial charge is 0.467 e. The molecule has 0 amide bonds. The van der Waals surface area contributed by atoms with Crippen molar-refractivity contribution >= 4 is 11.6 Å². The highest BCUT2D eigenvalue weighted by Crippen LogP contribution is 2.37. The molecular weight excluding hydrogens is 426 g/mol. The van der Waals surface area contributed by atoms with Crippen LogP contribution in [0.15, 0.2) is 54.6 Å². The van der Waals surface area contributed by atoms with Gasteiger partial charge < -0.3 is 9.47 Å². The first-order valence-electron chi connectivity index (χ1n) is 11.4. The van der Waals surface area contributed by atoms with Gasteiger partial charge in [-0.3, -0.25) is 0 Å². The Bertz CT molecular complexity index is 1350. The molecule has 34 heavy (non-hydrogen) atoms. The van der Waals surface area contributed by atoms with Gasteiger partial charge in [-0.05, 0) is 58.7 Å². The molecule has 4 rings (SSSR count). The van der Waals surface area contributed by atoms with E-state index in [9.17, 15) is 4.79 Å². The van der Waals surface area contributed by atoms with Crippen molar-refractivity contribution in [2.45, 2.75) is 53.2 Å². The van der Waals surface area contributed by atoms with Crippen molar-refractivity contribution in [3.63, 3.8) is 0 Å². The molecule has 0 N–H and O–H groups in total. The number of aryl methyl sites for hydroxylation is 3. The highest BCUT2D eigenvalue weighted by Gasteiger charge is 2.34. The Morgan fingerprint density at radius 1 is 0.941 bits per heavy atom. The Morgan fingerprint density at radius 2 is 1.65 bits per heavy atom. The summed E-state index contributed by atoms with van der Waals surface area (Å²) in [4.78, 5) is 17.8. The predicted molar refractivity (Wildman–Crippen MR) is 134 cm³/mol. The number of carbonyl (C=O) groups is 1. The molecule has 0 aliphatic rings. The molecule has 6 heteroatoms. The first-order valence-corrected chi connectivity index (χ1v) is 11.4. The fraction of sp³-hybridized carbons (Fsp3) is 0.321. The maximum atomic E-state index is 13.0. The Balaban J connectivity index is 2.07. The average Bonchev–Trinajstić information content (AvgIpc) is 3.21. The van der Waals surface area contributed by atoms with Gasteiger partial charge in [0.05, 0.1) is 24.1 Å². The third kappa shape index (κ3) is 4.59. The lowest BCUT2D eigenvalue weighted by Crippen LogP contribution is -2.29. The summed E-state index contributed by atoms with van der Waals surface area (Å²) in [6, 6.07) is 18.2. The van der Waals surface area contributed by atoms with Crippen molar-refractivity contribution in [3.05, 3.63) is 77.0 Å². The molecule has 0 spiro atoms. The van der Waals surface area contributed by atoms with Crippen LogP contribution in [0.3, 0.4) is 0 Å². The molecule has 0 saturated carbocycles. The topological polar surface area (TPSA) is 65.7 Å². The Hall–Kier alpha value is -3.51. The molecule has 2 aromatic heterocycles. The quantitative estimate of drug-likeness (QED) is 0.343. The third-order valence-electron chi connectivity index (χ3n) is 5.83.